The van der Waals surface area contributed by atoms with E-state index < -0.39 is 23.1 Å². The number of H-pyrrole nitrogens is 1. The molecule has 0 bridgehead atoms. The van der Waals surface area contributed by atoms with Crippen LogP contribution in [0.2, 0.25) is 0 Å². The molecular weight excluding hydrogens is 449 g/mol. The summed E-state index contributed by atoms with van der Waals surface area (Å²) in [6.07, 6.45) is 0.630. The van der Waals surface area contributed by atoms with Crippen molar-refractivity contribution in [2.24, 2.45) is 0 Å². The Hall–Kier alpha value is -4.15. The zero-order chi connectivity index (χ0) is 24.5. The van der Waals surface area contributed by atoms with Crippen LogP contribution in [0.1, 0.15) is 45.8 Å². The molecule has 0 saturated heterocycles. The zero-order valence-electron chi connectivity index (χ0n) is 18.3. The average molecular weight is 470 g/mol. The van der Waals surface area contributed by atoms with Gasteiger partial charge in [-0.2, -0.15) is 13.2 Å². The van der Waals surface area contributed by atoms with Crippen LogP contribution in [0.4, 0.5) is 19.0 Å². The Balaban J connectivity index is 1.42. The molecule has 2 amide bonds. The van der Waals surface area contributed by atoms with Crippen molar-refractivity contribution in [1.29, 1.82) is 0 Å². The molecule has 4 rings (SSSR count). The number of carbonyl (C=O) groups is 2. The van der Waals surface area contributed by atoms with Crippen molar-refractivity contribution in [2.75, 3.05) is 11.9 Å². The minimum absolute atomic E-state index is 0.134. The molecule has 0 aliphatic heterocycles. The maximum atomic E-state index is 12.9. The molecule has 3 aromatic heterocycles. The van der Waals surface area contributed by atoms with Gasteiger partial charge >= 0.3 is 6.18 Å². The third-order valence-corrected chi connectivity index (χ3v) is 5.38. The maximum Gasteiger partial charge on any atom is 0.417 e. The first-order chi connectivity index (χ1) is 16.0. The van der Waals surface area contributed by atoms with Gasteiger partial charge in [-0.25, -0.2) is 9.97 Å². The third-order valence-electron chi connectivity index (χ3n) is 5.38. The molecule has 0 aliphatic carbocycles. The Bertz CT molecular complexity index is 1330. The fraction of sp³-hybridized carbons (Fsp3) is 0.217. The number of benzene rings is 1. The van der Waals surface area contributed by atoms with E-state index in [1.54, 1.807) is 24.3 Å². The van der Waals surface area contributed by atoms with Crippen LogP contribution in [0.25, 0.3) is 5.65 Å². The van der Waals surface area contributed by atoms with E-state index in [9.17, 15) is 22.8 Å². The van der Waals surface area contributed by atoms with Crippen LogP contribution in [0, 0.1) is 0 Å². The predicted molar refractivity (Wildman–Crippen MR) is 119 cm³/mol. The lowest BCUT2D eigenvalue weighted by Gasteiger charge is -2.25. The number of hydrogen-bond acceptors (Lipinski definition) is 4. The number of nitrogens with zero attached hydrogens (tertiary/aromatic N) is 3. The van der Waals surface area contributed by atoms with E-state index in [0.29, 0.717) is 17.8 Å². The summed E-state index contributed by atoms with van der Waals surface area (Å²) in [7, 11) is 0. The Labute approximate surface area is 192 Å². The number of pyridine rings is 1. The first kappa shape index (κ1) is 23.0. The normalized spacial score (nSPS) is 12.0. The van der Waals surface area contributed by atoms with Crippen LogP contribution >= 0.6 is 0 Å². The molecule has 34 heavy (non-hydrogen) atoms. The van der Waals surface area contributed by atoms with Crippen molar-refractivity contribution >= 4 is 23.3 Å². The summed E-state index contributed by atoms with van der Waals surface area (Å²) in [5.74, 6) is -0.581. The van der Waals surface area contributed by atoms with Gasteiger partial charge in [0, 0.05) is 23.7 Å². The smallest absolute Gasteiger partial charge is 0.350 e. The number of fused-ring (bicyclic) bond motifs is 1. The second kappa shape index (κ2) is 8.65. The lowest BCUT2D eigenvalue weighted by Crippen LogP contribution is -2.36. The van der Waals surface area contributed by atoms with E-state index in [-0.39, 0.29) is 17.4 Å². The number of rotatable bonds is 6. The minimum Gasteiger partial charge on any atom is -0.350 e. The van der Waals surface area contributed by atoms with Crippen LogP contribution in [0.5, 0.6) is 0 Å². The SMILES string of the molecule is CC(C)(CNC(=O)c1cnc[nH]1)c1ccc(C(=O)Nc2cn3cc(C(F)(F)F)ccc3n2)cc1. The van der Waals surface area contributed by atoms with Crippen LogP contribution < -0.4 is 10.6 Å². The van der Waals surface area contributed by atoms with Gasteiger partial charge in [-0.15, -0.1) is 0 Å². The largest absolute Gasteiger partial charge is 0.417 e. The first-order valence-electron chi connectivity index (χ1n) is 10.3. The van der Waals surface area contributed by atoms with Gasteiger partial charge in [0.1, 0.15) is 11.3 Å². The minimum atomic E-state index is -4.47. The van der Waals surface area contributed by atoms with E-state index >= 15 is 0 Å². The summed E-state index contributed by atoms with van der Waals surface area (Å²) in [5, 5.41) is 5.45. The molecular formula is C23H21F3N6O2. The van der Waals surface area contributed by atoms with Crippen molar-refractivity contribution in [3.05, 3.63) is 83.7 Å². The van der Waals surface area contributed by atoms with Crippen LogP contribution in [-0.4, -0.2) is 37.7 Å². The third kappa shape index (κ3) is 4.92. The van der Waals surface area contributed by atoms with Gasteiger partial charge in [-0.1, -0.05) is 26.0 Å². The van der Waals surface area contributed by atoms with Crippen LogP contribution in [-0.2, 0) is 11.6 Å². The second-order valence-electron chi connectivity index (χ2n) is 8.37. The summed E-state index contributed by atoms with van der Waals surface area (Å²) >= 11 is 0. The van der Waals surface area contributed by atoms with E-state index in [0.717, 1.165) is 17.8 Å². The molecule has 0 atom stereocenters. The van der Waals surface area contributed by atoms with Crippen LogP contribution in [0.15, 0.2) is 61.3 Å². The number of imidazole rings is 2. The number of aromatic amines is 1. The number of carbonyl (C=O) groups excluding carboxylic acids is 2. The molecule has 0 spiro atoms. The molecule has 0 fully saturated rings. The maximum absolute atomic E-state index is 12.9. The van der Waals surface area contributed by atoms with Crippen LogP contribution in [0.3, 0.4) is 0 Å². The Morgan fingerprint density at radius 1 is 1.00 bits per heavy atom. The van der Waals surface area contributed by atoms with E-state index in [2.05, 4.69) is 25.6 Å². The molecule has 0 unspecified atom stereocenters. The molecule has 3 N–H and O–H groups in total. The van der Waals surface area contributed by atoms with Gasteiger partial charge in [0.15, 0.2) is 5.82 Å². The number of anilines is 1. The van der Waals surface area contributed by atoms with Crippen molar-refractivity contribution in [3.63, 3.8) is 0 Å². The standard InChI is InChI=1S/C23H21F3N6O2/c1-22(2,12-28-21(34)17-9-27-13-29-17)15-5-3-14(4-6-15)20(33)31-18-11-32-10-16(23(24,25)26)7-8-19(32)30-18/h3-11,13H,12H2,1-2H3,(H,27,29)(H,28,34)(H,31,33). The summed E-state index contributed by atoms with van der Waals surface area (Å²) in [5.41, 5.74) is 0.675. The van der Waals surface area contributed by atoms with Gasteiger partial charge in [0.25, 0.3) is 11.8 Å². The van der Waals surface area contributed by atoms with E-state index in [1.807, 2.05) is 13.8 Å². The molecule has 11 heteroatoms. The van der Waals surface area contributed by atoms with Crippen molar-refractivity contribution in [2.45, 2.75) is 25.4 Å². The second-order valence-corrected chi connectivity index (χ2v) is 8.37. The van der Waals surface area contributed by atoms with Crippen molar-refractivity contribution < 1.29 is 22.8 Å². The summed E-state index contributed by atoms with van der Waals surface area (Å²) in [4.78, 5) is 35.5. The fourth-order valence-electron chi connectivity index (χ4n) is 3.36. The Kier molecular flexibility index (Phi) is 5.86. The average Bonchev–Trinajstić information content (AvgIpc) is 3.46. The number of hydrogen-bond donors (Lipinski definition) is 3. The van der Waals surface area contributed by atoms with Gasteiger partial charge in [-0.3, -0.25) is 9.59 Å². The highest BCUT2D eigenvalue weighted by atomic mass is 19.4. The molecule has 0 saturated carbocycles. The predicted octanol–water partition coefficient (Wildman–Crippen LogP) is 4.04. The lowest BCUT2D eigenvalue weighted by molar-refractivity contribution is -0.137. The first-order valence-corrected chi connectivity index (χ1v) is 10.3. The van der Waals surface area contributed by atoms with E-state index in [4.69, 9.17) is 0 Å². The molecule has 0 aliphatic rings. The number of alkyl halides is 3. The fourth-order valence-corrected chi connectivity index (χ4v) is 3.36. The summed E-state index contributed by atoms with van der Waals surface area (Å²) in [6, 6.07) is 9.03. The van der Waals surface area contributed by atoms with Gasteiger partial charge in [-0.05, 0) is 29.8 Å². The van der Waals surface area contributed by atoms with Crippen molar-refractivity contribution in [1.82, 2.24) is 24.7 Å². The van der Waals surface area contributed by atoms with Gasteiger partial charge < -0.3 is 20.0 Å². The van der Waals surface area contributed by atoms with Gasteiger partial charge in [0.05, 0.1) is 24.3 Å². The molecule has 176 valence electrons. The molecule has 3 heterocycles. The molecule has 1 aromatic carbocycles. The Morgan fingerprint density at radius 2 is 1.71 bits per heavy atom. The molecule has 4 aromatic rings. The number of halogens is 3. The highest BCUT2D eigenvalue weighted by molar-refractivity contribution is 6.03. The summed E-state index contributed by atoms with van der Waals surface area (Å²) in [6.45, 7) is 4.28. The lowest BCUT2D eigenvalue weighted by atomic mass is 9.84. The van der Waals surface area contributed by atoms with Gasteiger partial charge in [0.2, 0.25) is 0 Å². The van der Waals surface area contributed by atoms with Crippen molar-refractivity contribution in [3.8, 4) is 0 Å². The molecule has 8 nitrogen and oxygen atoms in total. The monoisotopic (exact) mass is 470 g/mol. The number of nitrogens with one attached hydrogen (secondary N) is 3. The Morgan fingerprint density at radius 3 is 2.35 bits per heavy atom. The quantitative estimate of drug-likeness (QED) is 0.396. The highest BCUT2D eigenvalue weighted by Crippen LogP contribution is 2.29. The van der Waals surface area contributed by atoms with E-state index in [1.165, 1.54) is 29.2 Å². The molecule has 0 radical (unpaired) electrons. The number of aromatic nitrogens is 4. The highest BCUT2D eigenvalue weighted by Gasteiger charge is 2.31. The topological polar surface area (TPSA) is 104 Å². The summed E-state index contributed by atoms with van der Waals surface area (Å²) < 4.78 is 39.9. The zero-order valence-corrected chi connectivity index (χ0v) is 18.3. The number of amides is 2.